The number of aliphatic imine (C=N–C) groups is 1. The number of hydrogen-bond donors (Lipinski definition) is 1. The van der Waals surface area contributed by atoms with Crippen molar-refractivity contribution in [3.8, 4) is 0 Å². The van der Waals surface area contributed by atoms with E-state index in [2.05, 4.69) is 23.2 Å². The van der Waals surface area contributed by atoms with Crippen molar-refractivity contribution < 1.29 is 0 Å². The van der Waals surface area contributed by atoms with Crippen molar-refractivity contribution in [3.05, 3.63) is 71.3 Å². The molecule has 0 fully saturated rings. The van der Waals surface area contributed by atoms with Crippen LogP contribution in [-0.2, 0) is 0 Å². The largest absolute Gasteiger partial charge is 0.383 e. The highest BCUT2D eigenvalue weighted by molar-refractivity contribution is 6.11. The van der Waals surface area contributed by atoms with Gasteiger partial charge in [0.05, 0.1) is 5.70 Å². The van der Waals surface area contributed by atoms with Crippen molar-refractivity contribution >= 4 is 17.6 Å². The fraction of sp³-hybridized carbons (Fsp3) is 0. The number of benzene rings is 2. The predicted octanol–water partition coefficient (Wildman–Crippen LogP) is 2.90. The summed E-state index contributed by atoms with van der Waals surface area (Å²) in [6, 6.07) is 18.2. The maximum atomic E-state index is 5.90. The molecule has 0 aromatic heterocycles. The zero-order valence-electron chi connectivity index (χ0n) is 9.30. The predicted molar refractivity (Wildman–Crippen MR) is 71.5 cm³/mol. The zero-order valence-corrected chi connectivity index (χ0v) is 9.30. The molecule has 2 N–H and O–H groups in total. The van der Waals surface area contributed by atoms with Crippen LogP contribution in [0.25, 0.3) is 11.8 Å². The molecule has 0 bridgehead atoms. The first kappa shape index (κ1) is 9.85. The summed E-state index contributed by atoms with van der Waals surface area (Å²) in [7, 11) is 0. The van der Waals surface area contributed by atoms with Crippen molar-refractivity contribution in [1.82, 2.24) is 0 Å². The average molecular weight is 220 g/mol. The molecule has 2 nitrogen and oxygen atoms in total. The Labute approximate surface area is 100 Å². The highest BCUT2D eigenvalue weighted by Gasteiger charge is 2.16. The maximum Gasteiger partial charge on any atom is 0.132 e. The van der Waals surface area contributed by atoms with Gasteiger partial charge in [-0.1, -0.05) is 54.6 Å². The van der Waals surface area contributed by atoms with Crippen LogP contribution in [0.1, 0.15) is 16.7 Å². The molecule has 0 saturated heterocycles. The number of nitrogens with two attached hydrogens (primary N) is 1. The number of hydrogen-bond acceptors (Lipinski definition) is 2. The first-order valence-electron chi connectivity index (χ1n) is 5.55. The van der Waals surface area contributed by atoms with E-state index in [1.807, 2.05) is 42.5 Å². The number of nitrogens with zero attached hydrogens (tertiary/aromatic N) is 1. The van der Waals surface area contributed by atoms with Crippen LogP contribution >= 0.6 is 0 Å². The van der Waals surface area contributed by atoms with Crippen LogP contribution in [0.4, 0.5) is 0 Å². The minimum absolute atomic E-state index is 0.600. The Morgan fingerprint density at radius 1 is 0.824 bits per heavy atom. The molecule has 1 heterocycles. The summed E-state index contributed by atoms with van der Waals surface area (Å²) in [4.78, 5) is 4.41. The van der Waals surface area contributed by atoms with E-state index in [0.717, 1.165) is 22.4 Å². The second-order valence-electron chi connectivity index (χ2n) is 3.98. The van der Waals surface area contributed by atoms with Crippen LogP contribution in [0.15, 0.2) is 59.6 Å². The Morgan fingerprint density at radius 2 is 1.47 bits per heavy atom. The van der Waals surface area contributed by atoms with Gasteiger partial charge in [0.15, 0.2) is 0 Å². The van der Waals surface area contributed by atoms with E-state index in [-0.39, 0.29) is 0 Å². The summed E-state index contributed by atoms with van der Waals surface area (Å²) in [6.45, 7) is 0. The minimum Gasteiger partial charge on any atom is -0.383 e. The Morgan fingerprint density at radius 3 is 2.24 bits per heavy atom. The lowest BCUT2D eigenvalue weighted by Crippen LogP contribution is -2.09. The van der Waals surface area contributed by atoms with Crippen LogP contribution in [0, 0.1) is 0 Å². The fourth-order valence-corrected chi connectivity index (χ4v) is 2.00. The molecule has 0 aliphatic carbocycles. The normalized spacial score (nSPS) is 15.8. The summed E-state index contributed by atoms with van der Waals surface area (Å²) in [5.74, 6) is 0.600. The molecule has 0 amide bonds. The third-order valence-electron chi connectivity index (χ3n) is 2.82. The molecule has 1 aliphatic heterocycles. The lowest BCUT2D eigenvalue weighted by atomic mass is 10.1. The topological polar surface area (TPSA) is 38.4 Å². The van der Waals surface area contributed by atoms with Gasteiger partial charge in [0.25, 0.3) is 0 Å². The van der Waals surface area contributed by atoms with Crippen molar-refractivity contribution in [2.24, 2.45) is 10.7 Å². The smallest absolute Gasteiger partial charge is 0.132 e. The van der Waals surface area contributed by atoms with Crippen molar-refractivity contribution in [2.45, 2.75) is 0 Å². The van der Waals surface area contributed by atoms with Gasteiger partial charge in [0.2, 0.25) is 0 Å². The Bertz CT molecular complexity index is 610. The Kier molecular flexibility index (Phi) is 2.26. The van der Waals surface area contributed by atoms with Gasteiger partial charge in [0.1, 0.15) is 5.84 Å². The molecule has 3 rings (SSSR count). The van der Waals surface area contributed by atoms with E-state index < -0.39 is 0 Å². The second kappa shape index (κ2) is 3.91. The lowest BCUT2D eigenvalue weighted by molar-refractivity contribution is 1.57. The summed E-state index contributed by atoms with van der Waals surface area (Å²) in [6.07, 6.45) is 2.05. The van der Waals surface area contributed by atoms with Gasteiger partial charge in [-0.2, -0.15) is 0 Å². The number of rotatable bonds is 1. The molecule has 0 saturated carbocycles. The van der Waals surface area contributed by atoms with Crippen molar-refractivity contribution in [3.63, 3.8) is 0 Å². The van der Waals surface area contributed by atoms with Gasteiger partial charge in [0, 0.05) is 11.1 Å². The highest BCUT2D eigenvalue weighted by Crippen LogP contribution is 2.28. The molecule has 0 radical (unpaired) electrons. The molecule has 2 heteroatoms. The third kappa shape index (κ3) is 1.74. The van der Waals surface area contributed by atoms with Crippen LogP contribution in [-0.4, -0.2) is 5.84 Å². The maximum absolute atomic E-state index is 5.90. The molecule has 2 aromatic carbocycles. The Hall–Kier alpha value is -2.35. The van der Waals surface area contributed by atoms with Gasteiger partial charge in [-0.3, -0.25) is 0 Å². The quantitative estimate of drug-likeness (QED) is 0.788. The minimum atomic E-state index is 0.600. The summed E-state index contributed by atoms with van der Waals surface area (Å²) in [5.41, 5.74) is 10.1. The zero-order chi connectivity index (χ0) is 11.7. The standard InChI is InChI=1S/C15H12N2/c16-15-13-9-5-4-8-12(13)14(17-15)10-11-6-2-1-3-7-11/h1-10H,(H2,16,17). The van der Waals surface area contributed by atoms with Gasteiger partial charge in [-0.25, -0.2) is 4.99 Å². The van der Waals surface area contributed by atoms with Gasteiger partial charge in [-0.05, 0) is 11.6 Å². The number of fused-ring (bicyclic) bond motifs is 1. The summed E-state index contributed by atoms with van der Waals surface area (Å²) in [5, 5.41) is 0. The second-order valence-corrected chi connectivity index (χ2v) is 3.98. The molecular formula is C15H12N2. The fourth-order valence-electron chi connectivity index (χ4n) is 2.00. The van der Waals surface area contributed by atoms with Crippen LogP contribution in [0.5, 0.6) is 0 Å². The van der Waals surface area contributed by atoms with E-state index in [1.165, 1.54) is 0 Å². The van der Waals surface area contributed by atoms with E-state index >= 15 is 0 Å². The summed E-state index contributed by atoms with van der Waals surface area (Å²) >= 11 is 0. The lowest BCUT2D eigenvalue weighted by Gasteiger charge is -1.99. The van der Waals surface area contributed by atoms with Gasteiger partial charge < -0.3 is 5.73 Å². The molecule has 2 aromatic rings. The van der Waals surface area contributed by atoms with Crippen LogP contribution in [0.3, 0.4) is 0 Å². The third-order valence-corrected chi connectivity index (χ3v) is 2.82. The van der Waals surface area contributed by atoms with Gasteiger partial charge >= 0.3 is 0 Å². The first-order valence-corrected chi connectivity index (χ1v) is 5.55. The molecule has 82 valence electrons. The average Bonchev–Trinajstić information content (AvgIpc) is 2.69. The Balaban J connectivity index is 2.10. The van der Waals surface area contributed by atoms with Gasteiger partial charge in [-0.15, -0.1) is 0 Å². The molecule has 0 spiro atoms. The van der Waals surface area contributed by atoms with E-state index in [1.54, 1.807) is 0 Å². The molecule has 0 atom stereocenters. The molecule has 17 heavy (non-hydrogen) atoms. The molecule has 1 aliphatic rings. The monoisotopic (exact) mass is 220 g/mol. The molecule has 0 unspecified atom stereocenters. The van der Waals surface area contributed by atoms with E-state index in [4.69, 9.17) is 5.73 Å². The van der Waals surface area contributed by atoms with Crippen molar-refractivity contribution in [2.75, 3.05) is 0 Å². The van der Waals surface area contributed by atoms with E-state index in [9.17, 15) is 0 Å². The highest BCUT2D eigenvalue weighted by atomic mass is 14.9. The van der Waals surface area contributed by atoms with Crippen molar-refractivity contribution in [1.29, 1.82) is 0 Å². The van der Waals surface area contributed by atoms with E-state index in [0.29, 0.717) is 5.84 Å². The van der Waals surface area contributed by atoms with Crippen LogP contribution in [0.2, 0.25) is 0 Å². The first-order chi connectivity index (χ1) is 8.34. The SMILES string of the molecule is NC1=NC(=Cc2ccccc2)c2ccccc21. The summed E-state index contributed by atoms with van der Waals surface area (Å²) < 4.78 is 0. The van der Waals surface area contributed by atoms with Crippen LogP contribution < -0.4 is 5.73 Å². The molecular weight excluding hydrogens is 208 g/mol. The number of amidine groups is 1.